The first kappa shape index (κ1) is 16.9. The van der Waals surface area contributed by atoms with Gasteiger partial charge in [-0.15, -0.1) is 0 Å². The summed E-state index contributed by atoms with van der Waals surface area (Å²) in [5.74, 6) is 0. The van der Waals surface area contributed by atoms with Crippen molar-refractivity contribution < 1.29 is 9.90 Å². The average Bonchev–Trinajstić information content (AvgIpc) is 2.53. The summed E-state index contributed by atoms with van der Waals surface area (Å²) in [4.78, 5) is 15.9. The van der Waals surface area contributed by atoms with E-state index in [4.69, 9.17) is 16.7 Å². The SMILES string of the molecule is CCN(CCO)C(=O)Nc1ccc(N2CCCCC2)c(Cl)c1. The number of halogens is 1. The molecule has 1 fully saturated rings. The van der Waals surface area contributed by atoms with E-state index in [2.05, 4.69) is 10.2 Å². The molecule has 0 saturated carbocycles. The van der Waals surface area contributed by atoms with Gasteiger partial charge in [0.1, 0.15) is 0 Å². The normalized spacial score (nSPS) is 14.8. The highest BCUT2D eigenvalue weighted by atomic mass is 35.5. The molecule has 0 aliphatic carbocycles. The number of anilines is 2. The first-order valence-electron chi connectivity index (χ1n) is 7.87. The van der Waals surface area contributed by atoms with Crippen LogP contribution in [0.25, 0.3) is 0 Å². The molecule has 1 aliphatic rings. The van der Waals surface area contributed by atoms with Crippen LogP contribution in [0, 0.1) is 0 Å². The summed E-state index contributed by atoms with van der Waals surface area (Å²) < 4.78 is 0. The van der Waals surface area contributed by atoms with Gasteiger partial charge >= 0.3 is 6.03 Å². The minimum atomic E-state index is -0.224. The molecular formula is C16H24ClN3O2. The lowest BCUT2D eigenvalue weighted by Crippen LogP contribution is -2.36. The number of aliphatic hydroxyl groups excluding tert-OH is 1. The van der Waals surface area contributed by atoms with Crippen molar-refractivity contribution in [3.05, 3.63) is 23.2 Å². The summed E-state index contributed by atoms with van der Waals surface area (Å²) in [6.45, 7) is 4.77. The lowest BCUT2D eigenvalue weighted by molar-refractivity contribution is 0.192. The van der Waals surface area contributed by atoms with Crippen molar-refractivity contribution in [1.29, 1.82) is 0 Å². The summed E-state index contributed by atoms with van der Waals surface area (Å²) in [6.07, 6.45) is 3.67. The quantitative estimate of drug-likeness (QED) is 0.874. The van der Waals surface area contributed by atoms with Crippen molar-refractivity contribution in [2.75, 3.05) is 43.0 Å². The van der Waals surface area contributed by atoms with Crippen molar-refractivity contribution in [2.24, 2.45) is 0 Å². The van der Waals surface area contributed by atoms with Crippen LogP contribution in [-0.4, -0.2) is 48.8 Å². The molecule has 1 saturated heterocycles. The van der Waals surface area contributed by atoms with Crippen LogP contribution in [0.2, 0.25) is 5.02 Å². The van der Waals surface area contributed by atoms with Crippen molar-refractivity contribution in [3.63, 3.8) is 0 Å². The second-order valence-electron chi connectivity index (χ2n) is 5.45. The third kappa shape index (κ3) is 4.27. The number of rotatable bonds is 5. The molecule has 1 heterocycles. The van der Waals surface area contributed by atoms with Crippen LogP contribution < -0.4 is 10.2 Å². The van der Waals surface area contributed by atoms with Gasteiger partial charge in [-0.3, -0.25) is 0 Å². The zero-order chi connectivity index (χ0) is 15.9. The fourth-order valence-electron chi connectivity index (χ4n) is 2.70. The highest BCUT2D eigenvalue weighted by Gasteiger charge is 2.15. The largest absolute Gasteiger partial charge is 0.395 e. The Kier molecular flexibility index (Phi) is 6.34. The molecule has 0 atom stereocenters. The lowest BCUT2D eigenvalue weighted by Gasteiger charge is -2.29. The standard InChI is InChI=1S/C16H24ClN3O2/c1-2-19(10-11-21)16(22)18-13-6-7-15(14(17)12-13)20-8-4-3-5-9-20/h6-7,12,21H,2-5,8-11H2,1H3,(H,18,22). The van der Waals surface area contributed by atoms with E-state index in [1.165, 1.54) is 19.3 Å². The number of piperidine rings is 1. The van der Waals surface area contributed by atoms with Crippen LogP contribution >= 0.6 is 11.6 Å². The van der Waals surface area contributed by atoms with Crippen LogP contribution in [0.1, 0.15) is 26.2 Å². The maximum absolute atomic E-state index is 12.1. The van der Waals surface area contributed by atoms with Crippen LogP contribution in [0.4, 0.5) is 16.2 Å². The van der Waals surface area contributed by atoms with Gasteiger partial charge < -0.3 is 20.2 Å². The molecule has 22 heavy (non-hydrogen) atoms. The van der Waals surface area contributed by atoms with Crippen molar-refractivity contribution >= 4 is 29.0 Å². The van der Waals surface area contributed by atoms with E-state index < -0.39 is 0 Å². The van der Waals surface area contributed by atoms with Gasteiger partial charge in [-0.1, -0.05) is 11.6 Å². The Morgan fingerprint density at radius 2 is 2.09 bits per heavy atom. The smallest absolute Gasteiger partial charge is 0.321 e. The Labute approximate surface area is 136 Å². The minimum Gasteiger partial charge on any atom is -0.395 e. The number of nitrogens with one attached hydrogen (secondary N) is 1. The molecule has 122 valence electrons. The molecular weight excluding hydrogens is 302 g/mol. The fourth-order valence-corrected chi connectivity index (χ4v) is 3.00. The molecule has 2 rings (SSSR count). The lowest BCUT2D eigenvalue weighted by atomic mass is 10.1. The van der Waals surface area contributed by atoms with Gasteiger partial charge in [0.25, 0.3) is 0 Å². The maximum atomic E-state index is 12.1. The number of aliphatic hydroxyl groups is 1. The number of nitrogens with zero attached hydrogens (tertiary/aromatic N) is 2. The maximum Gasteiger partial charge on any atom is 0.321 e. The molecule has 0 radical (unpaired) electrons. The summed E-state index contributed by atoms with van der Waals surface area (Å²) in [5, 5.41) is 12.4. The van der Waals surface area contributed by atoms with Gasteiger partial charge in [0.2, 0.25) is 0 Å². The molecule has 2 amide bonds. The predicted octanol–water partition coefficient (Wildman–Crippen LogP) is 3.18. The van der Waals surface area contributed by atoms with Gasteiger partial charge in [0.15, 0.2) is 0 Å². The number of hydrogen-bond acceptors (Lipinski definition) is 3. The van der Waals surface area contributed by atoms with E-state index in [1.54, 1.807) is 11.0 Å². The first-order chi connectivity index (χ1) is 10.7. The third-order valence-electron chi connectivity index (χ3n) is 3.93. The van der Waals surface area contributed by atoms with Gasteiger partial charge in [-0.2, -0.15) is 0 Å². The minimum absolute atomic E-state index is 0.0457. The zero-order valence-electron chi connectivity index (χ0n) is 13.0. The van der Waals surface area contributed by atoms with Gasteiger partial charge in [0.05, 0.1) is 17.3 Å². The Morgan fingerprint density at radius 3 is 2.68 bits per heavy atom. The number of carbonyl (C=O) groups is 1. The summed E-state index contributed by atoms with van der Waals surface area (Å²) in [6, 6.07) is 5.40. The molecule has 1 aromatic carbocycles. The topological polar surface area (TPSA) is 55.8 Å². The van der Waals surface area contributed by atoms with Crippen LogP contribution in [0.5, 0.6) is 0 Å². The molecule has 0 spiro atoms. The second-order valence-corrected chi connectivity index (χ2v) is 5.85. The predicted molar refractivity (Wildman–Crippen MR) is 90.9 cm³/mol. The molecule has 0 bridgehead atoms. The van der Waals surface area contributed by atoms with Gasteiger partial charge in [-0.25, -0.2) is 4.79 Å². The zero-order valence-corrected chi connectivity index (χ0v) is 13.8. The van der Waals surface area contributed by atoms with Crippen molar-refractivity contribution in [3.8, 4) is 0 Å². The highest BCUT2D eigenvalue weighted by molar-refractivity contribution is 6.33. The molecule has 1 aromatic rings. The third-order valence-corrected chi connectivity index (χ3v) is 4.24. The number of benzene rings is 1. The number of hydrogen-bond donors (Lipinski definition) is 2. The molecule has 6 heteroatoms. The number of urea groups is 1. The second kappa shape index (κ2) is 8.25. The van der Waals surface area contributed by atoms with Gasteiger partial charge in [0, 0.05) is 31.9 Å². The van der Waals surface area contributed by atoms with E-state index in [9.17, 15) is 4.79 Å². The fraction of sp³-hybridized carbons (Fsp3) is 0.562. The summed E-state index contributed by atoms with van der Waals surface area (Å²) in [5.41, 5.74) is 1.70. The Bertz CT molecular complexity index is 504. The molecule has 0 aromatic heterocycles. The highest BCUT2D eigenvalue weighted by Crippen LogP contribution is 2.30. The number of amides is 2. The van der Waals surface area contributed by atoms with Gasteiger partial charge in [-0.05, 0) is 44.4 Å². The average molecular weight is 326 g/mol. The molecule has 0 unspecified atom stereocenters. The van der Waals surface area contributed by atoms with Crippen LogP contribution in [0.3, 0.4) is 0 Å². The van der Waals surface area contributed by atoms with Crippen molar-refractivity contribution in [2.45, 2.75) is 26.2 Å². The Balaban J connectivity index is 2.03. The Hall–Kier alpha value is -1.46. The molecule has 1 aliphatic heterocycles. The van der Waals surface area contributed by atoms with Crippen molar-refractivity contribution in [1.82, 2.24) is 4.90 Å². The monoisotopic (exact) mass is 325 g/mol. The van der Waals surface area contributed by atoms with E-state index in [0.29, 0.717) is 23.8 Å². The van der Waals surface area contributed by atoms with E-state index >= 15 is 0 Å². The van der Waals surface area contributed by atoms with Crippen LogP contribution in [0.15, 0.2) is 18.2 Å². The van der Waals surface area contributed by atoms with Crippen LogP contribution in [-0.2, 0) is 0 Å². The summed E-state index contributed by atoms with van der Waals surface area (Å²) in [7, 11) is 0. The molecule has 2 N–H and O–H groups in total. The first-order valence-corrected chi connectivity index (χ1v) is 8.24. The molecule has 5 nitrogen and oxygen atoms in total. The number of likely N-dealkylation sites (N-methyl/N-ethyl adjacent to an activating group) is 1. The summed E-state index contributed by atoms with van der Waals surface area (Å²) >= 11 is 6.37. The number of carbonyl (C=O) groups excluding carboxylic acids is 1. The van der Waals surface area contributed by atoms with E-state index in [1.807, 2.05) is 19.1 Å². The van der Waals surface area contributed by atoms with E-state index in [0.717, 1.165) is 18.8 Å². The Morgan fingerprint density at radius 1 is 1.36 bits per heavy atom. The van der Waals surface area contributed by atoms with E-state index in [-0.39, 0.29) is 12.6 Å².